The van der Waals surface area contributed by atoms with Gasteiger partial charge in [0.1, 0.15) is 5.82 Å². The Kier molecular flexibility index (Phi) is 3.91. The number of fused-ring (bicyclic) bond motifs is 1. The number of aromatic nitrogens is 2. The van der Waals surface area contributed by atoms with Gasteiger partial charge in [-0.3, -0.25) is 0 Å². The smallest absolute Gasteiger partial charge is 0.227 e. The highest BCUT2D eigenvalue weighted by Gasteiger charge is 2.21. The lowest BCUT2D eigenvalue weighted by atomic mass is 10.00. The van der Waals surface area contributed by atoms with Crippen molar-refractivity contribution in [3.05, 3.63) is 45.6 Å². The molecule has 1 aliphatic heterocycles. The number of anilines is 2. The molecule has 0 atom stereocenters. The molecule has 4 nitrogen and oxygen atoms in total. The van der Waals surface area contributed by atoms with Crippen LogP contribution in [-0.2, 0) is 13.0 Å². The van der Waals surface area contributed by atoms with E-state index in [4.69, 9.17) is 23.2 Å². The highest BCUT2D eigenvalue weighted by Crippen LogP contribution is 2.31. The average molecular weight is 323 g/mol. The van der Waals surface area contributed by atoms with Crippen LogP contribution < -0.4 is 9.80 Å². The second-order valence-corrected chi connectivity index (χ2v) is 6.15. The monoisotopic (exact) mass is 322 g/mol. The number of rotatable bonds is 2. The van der Waals surface area contributed by atoms with Crippen LogP contribution in [-0.4, -0.2) is 30.6 Å². The fraction of sp³-hybridized carbons (Fsp3) is 0.333. The lowest BCUT2D eigenvalue weighted by molar-refractivity contribution is 0.707. The molecule has 0 saturated heterocycles. The van der Waals surface area contributed by atoms with E-state index in [1.165, 1.54) is 5.56 Å². The van der Waals surface area contributed by atoms with Crippen molar-refractivity contribution in [1.29, 1.82) is 0 Å². The minimum atomic E-state index is 0.670. The maximum Gasteiger partial charge on any atom is 0.227 e. The van der Waals surface area contributed by atoms with Gasteiger partial charge < -0.3 is 9.80 Å². The van der Waals surface area contributed by atoms with Crippen LogP contribution in [0.15, 0.2) is 24.4 Å². The minimum Gasteiger partial charge on any atom is -0.363 e. The van der Waals surface area contributed by atoms with Crippen molar-refractivity contribution in [2.75, 3.05) is 30.4 Å². The Morgan fingerprint density at radius 1 is 1.24 bits per heavy atom. The van der Waals surface area contributed by atoms with Crippen molar-refractivity contribution in [3.63, 3.8) is 0 Å². The molecule has 0 saturated carbocycles. The van der Waals surface area contributed by atoms with Gasteiger partial charge in [-0.05, 0) is 35.7 Å². The van der Waals surface area contributed by atoms with Crippen molar-refractivity contribution in [2.45, 2.75) is 13.0 Å². The predicted molar refractivity (Wildman–Crippen MR) is 87.6 cm³/mol. The van der Waals surface area contributed by atoms with Crippen LogP contribution in [0.2, 0.25) is 10.0 Å². The molecule has 1 aromatic carbocycles. The molecule has 2 aromatic rings. The van der Waals surface area contributed by atoms with E-state index in [0.29, 0.717) is 5.02 Å². The van der Waals surface area contributed by atoms with Crippen molar-refractivity contribution in [3.8, 4) is 0 Å². The minimum absolute atomic E-state index is 0.670. The second-order valence-electron chi connectivity index (χ2n) is 5.31. The van der Waals surface area contributed by atoms with Gasteiger partial charge in [-0.1, -0.05) is 23.2 Å². The van der Waals surface area contributed by atoms with E-state index in [2.05, 4.69) is 14.9 Å². The van der Waals surface area contributed by atoms with Gasteiger partial charge in [-0.25, -0.2) is 4.98 Å². The lowest BCUT2D eigenvalue weighted by Crippen LogP contribution is -2.32. The zero-order valence-corrected chi connectivity index (χ0v) is 13.5. The van der Waals surface area contributed by atoms with Crippen LogP contribution in [0.3, 0.4) is 0 Å². The SMILES string of the molecule is CN(C)c1ccnc(N2CCc3c(Cl)cc(Cl)cc3C2)n1. The molecule has 0 spiro atoms. The summed E-state index contributed by atoms with van der Waals surface area (Å²) in [6, 6.07) is 5.68. The lowest BCUT2D eigenvalue weighted by Gasteiger charge is -2.30. The first-order chi connectivity index (χ1) is 10.0. The second kappa shape index (κ2) is 5.70. The largest absolute Gasteiger partial charge is 0.363 e. The van der Waals surface area contributed by atoms with E-state index in [1.807, 2.05) is 31.1 Å². The summed E-state index contributed by atoms with van der Waals surface area (Å²) in [5.74, 6) is 1.64. The Balaban J connectivity index is 1.91. The summed E-state index contributed by atoms with van der Waals surface area (Å²) >= 11 is 12.4. The van der Waals surface area contributed by atoms with Gasteiger partial charge in [-0.15, -0.1) is 0 Å². The normalized spacial score (nSPS) is 14.0. The quantitative estimate of drug-likeness (QED) is 0.848. The summed E-state index contributed by atoms with van der Waals surface area (Å²) in [6.45, 7) is 1.58. The summed E-state index contributed by atoms with van der Waals surface area (Å²) in [4.78, 5) is 13.1. The topological polar surface area (TPSA) is 32.3 Å². The number of nitrogens with zero attached hydrogens (tertiary/aromatic N) is 4. The molecule has 0 unspecified atom stereocenters. The molecule has 0 bridgehead atoms. The first-order valence-electron chi connectivity index (χ1n) is 6.76. The first kappa shape index (κ1) is 14.4. The van der Waals surface area contributed by atoms with Gasteiger partial charge in [0.05, 0.1) is 0 Å². The molecule has 0 amide bonds. The third-order valence-electron chi connectivity index (χ3n) is 3.61. The average Bonchev–Trinajstić information content (AvgIpc) is 2.46. The van der Waals surface area contributed by atoms with Crippen molar-refractivity contribution in [1.82, 2.24) is 9.97 Å². The van der Waals surface area contributed by atoms with E-state index in [1.54, 1.807) is 12.3 Å². The number of benzene rings is 1. The standard InChI is InChI=1S/C15H16Cl2N4/c1-20(2)14-3-5-18-15(19-14)21-6-4-12-10(9-21)7-11(16)8-13(12)17/h3,5,7-8H,4,6,9H2,1-2H3. The maximum atomic E-state index is 6.27. The zero-order valence-electron chi connectivity index (χ0n) is 12.0. The predicted octanol–water partition coefficient (Wildman–Crippen LogP) is 3.41. The molecule has 1 aliphatic rings. The third kappa shape index (κ3) is 2.92. The Hall–Kier alpha value is -1.52. The zero-order chi connectivity index (χ0) is 15.0. The maximum absolute atomic E-state index is 6.27. The molecule has 1 aromatic heterocycles. The van der Waals surface area contributed by atoms with E-state index in [-0.39, 0.29) is 0 Å². The van der Waals surface area contributed by atoms with Gasteiger partial charge in [-0.2, -0.15) is 4.98 Å². The van der Waals surface area contributed by atoms with Crippen molar-refractivity contribution >= 4 is 35.0 Å². The highest BCUT2D eigenvalue weighted by atomic mass is 35.5. The van der Waals surface area contributed by atoms with Crippen LogP contribution in [0.1, 0.15) is 11.1 Å². The summed E-state index contributed by atoms with van der Waals surface area (Å²) in [5, 5.41) is 1.42. The van der Waals surface area contributed by atoms with E-state index >= 15 is 0 Å². The van der Waals surface area contributed by atoms with Crippen molar-refractivity contribution < 1.29 is 0 Å². The molecule has 110 valence electrons. The third-order valence-corrected chi connectivity index (χ3v) is 4.17. The number of halogens is 2. The molecule has 0 aliphatic carbocycles. The van der Waals surface area contributed by atoms with Gasteiger partial charge in [0, 0.05) is 43.4 Å². The van der Waals surface area contributed by atoms with Gasteiger partial charge in [0.25, 0.3) is 0 Å². The number of hydrogen-bond donors (Lipinski definition) is 0. The molecule has 0 fully saturated rings. The van der Waals surface area contributed by atoms with Crippen LogP contribution >= 0.6 is 23.2 Å². The fourth-order valence-corrected chi connectivity index (χ4v) is 3.15. The molecule has 3 rings (SSSR count). The number of hydrogen-bond acceptors (Lipinski definition) is 4. The van der Waals surface area contributed by atoms with Gasteiger partial charge in [0.15, 0.2) is 0 Å². The summed E-state index contributed by atoms with van der Waals surface area (Å²) in [7, 11) is 3.94. The molecule has 6 heteroatoms. The molecule has 0 N–H and O–H groups in total. The first-order valence-corrected chi connectivity index (χ1v) is 7.52. The van der Waals surface area contributed by atoms with Crippen LogP contribution in [0.5, 0.6) is 0 Å². The Labute approximate surface area is 134 Å². The van der Waals surface area contributed by atoms with E-state index in [0.717, 1.165) is 41.9 Å². The van der Waals surface area contributed by atoms with Crippen molar-refractivity contribution in [2.24, 2.45) is 0 Å². The Morgan fingerprint density at radius 2 is 2.05 bits per heavy atom. The highest BCUT2D eigenvalue weighted by molar-refractivity contribution is 6.35. The Morgan fingerprint density at radius 3 is 2.81 bits per heavy atom. The van der Waals surface area contributed by atoms with E-state index in [9.17, 15) is 0 Å². The van der Waals surface area contributed by atoms with Gasteiger partial charge in [0.2, 0.25) is 5.95 Å². The fourth-order valence-electron chi connectivity index (χ4n) is 2.52. The molecule has 0 radical (unpaired) electrons. The van der Waals surface area contributed by atoms with E-state index < -0.39 is 0 Å². The Bertz CT molecular complexity index is 673. The molecule has 21 heavy (non-hydrogen) atoms. The van der Waals surface area contributed by atoms with Crippen LogP contribution in [0.4, 0.5) is 11.8 Å². The summed E-state index contributed by atoms with van der Waals surface area (Å²) in [6.07, 6.45) is 2.67. The molecular formula is C15H16Cl2N4. The summed E-state index contributed by atoms with van der Waals surface area (Å²) in [5.41, 5.74) is 2.33. The summed E-state index contributed by atoms with van der Waals surface area (Å²) < 4.78 is 0. The molecular weight excluding hydrogens is 307 g/mol. The van der Waals surface area contributed by atoms with Crippen LogP contribution in [0, 0.1) is 0 Å². The molecule has 2 heterocycles. The van der Waals surface area contributed by atoms with Crippen LogP contribution in [0.25, 0.3) is 0 Å². The van der Waals surface area contributed by atoms with Gasteiger partial charge >= 0.3 is 0 Å².